The van der Waals surface area contributed by atoms with Crippen molar-refractivity contribution in [3.8, 4) is 0 Å². The summed E-state index contributed by atoms with van der Waals surface area (Å²) in [6.07, 6.45) is 0.964. The van der Waals surface area contributed by atoms with Crippen LogP contribution in [0.2, 0.25) is 0 Å². The lowest BCUT2D eigenvalue weighted by Crippen LogP contribution is -2.43. The molecule has 6 nitrogen and oxygen atoms in total. The second-order valence-electron chi connectivity index (χ2n) is 9.41. The van der Waals surface area contributed by atoms with E-state index in [1.807, 2.05) is 24.3 Å². The zero-order valence-corrected chi connectivity index (χ0v) is 21.8. The van der Waals surface area contributed by atoms with Gasteiger partial charge in [0.25, 0.3) is 5.56 Å². The summed E-state index contributed by atoms with van der Waals surface area (Å²) in [5.41, 5.74) is 5.05. The van der Waals surface area contributed by atoms with Crippen molar-refractivity contribution in [2.45, 2.75) is 39.8 Å². The van der Waals surface area contributed by atoms with Gasteiger partial charge in [0.15, 0.2) is 5.11 Å². The van der Waals surface area contributed by atoms with Gasteiger partial charge in [0.05, 0.1) is 31.3 Å². The minimum atomic E-state index is -0.0525. The van der Waals surface area contributed by atoms with Crippen molar-refractivity contribution in [2.24, 2.45) is 0 Å². The van der Waals surface area contributed by atoms with Gasteiger partial charge in [0, 0.05) is 31.7 Å². The van der Waals surface area contributed by atoms with Crippen LogP contribution in [0.1, 0.15) is 41.6 Å². The molecule has 0 spiro atoms. The summed E-state index contributed by atoms with van der Waals surface area (Å²) in [5, 5.41) is 5.21. The summed E-state index contributed by atoms with van der Waals surface area (Å²) in [6.45, 7) is 12.0. The molecule has 2 aromatic carbocycles. The highest BCUT2D eigenvalue weighted by molar-refractivity contribution is 7.80. The predicted molar refractivity (Wildman–Crippen MR) is 147 cm³/mol. The number of hydrogen-bond donors (Lipinski definition) is 2. The number of morpholine rings is 1. The molecule has 1 fully saturated rings. The SMILES string of the molecule is Cc1ccc2cc(CN(CCCN3CCOCC3)C(=S)N[C@@H](C)c3ccccc3)c(=O)[nH]c2c1C. The summed E-state index contributed by atoms with van der Waals surface area (Å²) in [4.78, 5) is 20.7. The van der Waals surface area contributed by atoms with Crippen molar-refractivity contribution in [2.75, 3.05) is 39.4 Å². The van der Waals surface area contributed by atoms with Crippen LogP contribution < -0.4 is 10.9 Å². The third kappa shape index (κ3) is 6.48. The van der Waals surface area contributed by atoms with Crippen LogP contribution in [0, 0.1) is 13.8 Å². The van der Waals surface area contributed by atoms with Gasteiger partial charge in [-0.05, 0) is 67.6 Å². The Morgan fingerprint density at radius 3 is 2.66 bits per heavy atom. The first-order valence-electron chi connectivity index (χ1n) is 12.4. The molecule has 35 heavy (non-hydrogen) atoms. The molecule has 186 valence electrons. The van der Waals surface area contributed by atoms with Gasteiger partial charge in [0.1, 0.15) is 0 Å². The standard InChI is InChI=1S/C28H36N4O2S/c1-20-10-11-24-18-25(27(33)30-26(24)21(20)2)19-32(13-7-12-31-14-16-34-17-15-31)28(35)29-22(3)23-8-5-4-6-9-23/h4-6,8-11,18,22H,7,12-17,19H2,1-3H3,(H,29,35)(H,30,33)/t22-/m0/s1. The average Bonchev–Trinajstić information content (AvgIpc) is 2.87. The summed E-state index contributed by atoms with van der Waals surface area (Å²) in [7, 11) is 0. The zero-order chi connectivity index (χ0) is 24.8. The van der Waals surface area contributed by atoms with Gasteiger partial charge < -0.3 is 19.9 Å². The average molecular weight is 493 g/mol. The van der Waals surface area contributed by atoms with Gasteiger partial charge in [0.2, 0.25) is 0 Å². The zero-order valence-electron chi connectivity index (χ0n) is 21.0. The molecule has 3 aromatic rings. The maximum Gasteiger partial charge on any atom is 0.253 e. The molecule has 1 atom stereocenters. The Kier molecular flexibility index (Phi) is 8.55. The number of nitrogens with zero attached hydrogens (tertiary/aromatic N) is 2. The number of aromatic amines is 1. The third-order valence-electron chi connectivity index (χ3n) is 6.92. The Labute approximate surface area is 213 Å². The fraction of sp³-hybridized carbons (Fsp3) is 0.429. The van der Waals surface area contributed by atoms with Crippen LogP contribution in [-0.4, -0.2) is 59.3 Å². The number of ether oxygens (including phenoxy) is 1. The first kappa shape index (κ1) is 25.4. The van der Waals surface area contributed by atoms with E-state index in [4.69, 9.17) is 17.0 Å². The fourth-order valence-electron chi connectivity index (χ4n) is 4.56. The van der Waals surface area contributed by atoms with Gasteiger partial charge >= 0.3 is 0 Å². The molecule has 0 aliphatic carbocycles. The first-order valence-corrected chi connectivity index (χ1v) is 12.9. The number of H-pyrrole nitrogens is 1. The summed E-state index contributed by atoms with van der Waals surface area (Å²) in [5.74, 6) is 0. The number of pyridine rings is 1. The van der Waals surface area contributed by atoms with E-state index < -0.39 is 0 Å². The molecule has 1 saturated heterocycles. The topological polar surface area (TPSA) is 60.6 Å². The van der Waals surface area contributed by atoms with Crippen molar-refractivity contribution in [3.05, 3.63) is 81.1 Å². The van der Waals surface area contributed by atoms with Crippen molar-refractivity contribution in [1.29, 1.82) is 0 Å². The van der Waals surface area contributed by atoms with Gasteiger partial charge in [-0.1, -0.05) is 42.5 Å². The van der Waals surface area contributed by atoms with Crippen molar-refractivity contribution in [1.82, 2.24) is 20.1 Å². The van der Waals surface area contributed by atoms with Crippen LogP contribution >= 0.6 is 12.2 Å². The second-order valence-corrected chi connectivity index (χ2v) is 9.79. The molecule has 7 heteroatoms. The lowest BCUT2D eigenvalue weighted by molar-refractivity contribution is 0.0367. The number of rotatable bonds is 8. The van der Waals surface area contributed by atoms with Crippen molar-refractivity contribution >= 4 is 28.2 Å². The Balaban J connectivity index is 1.52. The van der Waals surface area contributed by atoms with Crippen molar-refractivity contribution < 1.29 is 4.74 Å². The minimum absolute atomic E-state index is 0.0525. The van der Waals surface area contributed by atoms with E-state index >= 15 is 0 Å². The van der Waals surface area contributed by atoms with E-state index in [0.717, 1.165) is 67.8 Å². The molecule has 0 radical (unpaired) electrons. The van der Waals surface area contributed by atoms with Crippen LogP contribution in [0.5, 0.6) is 0 Å². The molecule has 0 unspecified atom stereocenters. The van der Waals surface area contributed by atoms with Crippen LogP contribution in [-0.2, 0) is 11.3 Å². The molecule has 1 aromatic heterocycles. The molecule has 1 aliphatic rings. The van der Waals surface area contributed by atoms with Crippen LogP contribution in [0.25, 0.3) is 10.9 Å². The number of nitrogens with one attached hydrogen (secondary N) is 2. The van der Waals surface area contributed by atoms with Gasteiger partial charge in [-0.15, -0.1) is 0 Å². The second kappa shape index (κ2) is 11.8. The molecular weight excluding hydrogens is 456 g/mol. The smallest absolute Gasteiger partial charge is 0.253 e. The molecule has 2 N–H and O–H groups in total. The van der Waals surface area contributed by atoms with E-state index in [1.165, 1.54) is 11.1 Å². The van der Waals surface area contributed by atoms with Gasteiger partial charge in [-0.3, -0.25) is 9.69 Å². The monoisotopic (exact) mass is 492 g/mol. The molecule has 1 aliphatic heterocycles. The highest BCUT2D eigenvalue weighted by atomic mass is 32.1. The maximum absolute atomic E-state index is 13.1. The highest BCUT2D eigenvalue weighted by Crippen LogP contribution is 2.20. The minimum Gasteiger partial charge on any atom is -0.379 e. The number of fused-ring (bicyclic) bond motifs is 1. The lowest BCUT2D eigenvalue weighted by atomic mass is 10.0. The maximum atomic E-state index is 13.1. The third-order valence-corrected chi connectivity index (χ3v) is 7.30. The van der Waals surface area contributed by atoms with Gasteiger partial charge in [-0.25, -0.2) is 0 Å². The number of aryl methyl sites for hydroxylation is 2. The largest absolute Gasteiger partial charge is 0.379 e. The molecule has 0 amide bonds. The normalized spacial score (nSPS) is 15.2. The van der Waals surface area contributed by atoms with E-state index in [2.05, 4.69) is 65.1 Å². The van der Waals surface area contributed by atoms with E-state index in [1.54, 1.807) is 0 Å². The fourth-order valence-corrected chi connectivity index (χ4v) is 4.89. The predicted octanol–water partition coefficient (Wildman–Crippen LogP) is 4.30. The molecule has 0 bridgehead atoms. The molecular formula is C28H36N4O2S. The van der Waals surface area contributed by atoms with Crippen LogP contribution in [0.3, 0.4) is 0 Å². The molecule has 4 rings (SSSR count). The number of benzene rings is 2. The Bertz CT molecular complexity index is 1200. The van der Waals surface area contributed by atoms with Crippen molar-refractivity contribution in [3.63, 3.8) is 0 Å². The summed E-state index contributed by atoms with van der Waals surface area (Å²) >= 11 is 5.87. The highest BCUT2D eigenvalue weighted by Gasteiger charge is 2.17. The number of aromatic nitrogens is 1. The number of thiocarbonyl (C=S) groups is 1. The first-order chi connectivity index (χ1) is 16.9. The molecule has 2 heterocycles. The lowest BCUT2D eigenvalue weighted by Gasteiger charge is -2.30. The number of hydrogen-bond acceptors (Lipinski definition) is 4. The Morgan fingerprint density at radius 1 is 1.17 bits per heavy atom. The quantitative estimate of drug-likeness (QED) is 0.457. The Hall–Kier alpha value is -2.74. The van der Waals surface area contributed by atoms with Gasteiger partial charge in [-0.2, -0.15) is 0 Å². The summed E-state index contributed by atoms with van der Waals surface area (Å²) in [6, 6.07) is 16.6. The van der Waals surface area contributed by atoms with Crippen LogP contribution in [0.15, 0.2) is 53.3 Å². The van der Waals surface area contributed by atoms with E-state index in [9.17, 15) is 4.79 Å². The Morgan fingerprint density at radius 2 is 1.91 bits per heavy atom. The summed E-state index contributed by atoms with van der Waals surface area (Å²) < 4.78 is 5.47. The van der Waals surface area contributed by atoms with E-state index in [-0.39, 0.29) is 11.6 Å². The van der Waals surface area contributed by atoms with E-state index in [0.29, 0.717) is 11.7 Å². The van der Waals surface area contributed by atoms with Crippen LogP contribution in [0.4, 0.5) is 0 Å². The molecule has 0 saturated carbocycles.